The monoisotopic (exact) mass is 342 g/mol. The van der Waals surface area contributed by atoms with Crippen LogP contribution in [0.5, 0.6) is 5.75 Å². The maximum Gasteiger partial charge on any atom is 0.410 e. The molecule has 0 N–H and O–H groups in total. The van der Waals surface area contributed by atoms with Crippen LogP contribution in [0.4, 0.5) is 4.79 Å². The number of likely N-dealkylation sites (tertiary alicyclic amines) is 1. The summed E-state index contributed by atoms with van der Waals surface area (Å²) < 4.78 is 11.9. The summed E-state index contributed by atoms with van der Waals surface area (Å²) in [7, 11) is 0. The number of aromatic nitrogens is 1. The number of hydrogen-bond donors (Lipinski definition) is 0. The van der Waals surface area contributed by atoms with Crippen LogP contribution in [-0.4, -0.2) is 40.8 Å². The van der Waals surface area contributed by atoms with E-state index in [1.807, 2.05) is 26.8 Å². The lowest BCUT2D eigenvalue weighted by molar-refractivity contribution is -0.0141. The Morgan fingerprint density at radius 3 is 2.80 bits per heavy atom. The third kappa shape index (κ3) is 4.10. The van der Waals surface area contributed by atoms with Gasteiger partial charge in [-0.2, -0.15) is 0 Å². The molecule has 1 amide bonds. The molecule has 0 bridgehead atoms. The van der Waals surface area contributed by atoms with Gasteiger partial charge >= 0.3 is 6.09 Å². The molecule has 1 aliphatic rings. The summed E-state index contributed by atoms with van der Waals surface area (Å²) in [5.74, 6) is 0.690. The molecule has 2 rings (SSSR count). The summed E-state index contributed by atoms with van der Waals surface area (Å²) in [6.07, 6.45) is 4.01. The van der Waals surface area contributed by atoms with Crippen molar-refractivity contribution in [3.8, 4) is 5.75 Å². The van der Waals surface area contributed by atoms with Crippen molar-refractivity contribution in [2.75, 3.05) is 13.2 Å². The lowest BCUT2D eigenvalue weighted by atomic mass is 10.1. The van der Waals surface area contributed by atoms with Crippen molar-refractivity contribution in [1.29, 1.82) is 0 Å². The number of rotatable bonds is 3. The van der Waals surface area contributed by atoms with E-state index in [-0.39, 0.29) is 12.1 Å². The first-order valence-corrected chi connectivity index (χ1v) is 7.37. The maximum atomic E-state index is 11.9. The van der Waals surface area contributed by atoms with Crippen molar-refractivity contribution in [2.24, 2.45) is 0 Å². The molecule has 1 fully saturated rings. The Labute approximate surface area is 127 Å². The molecule has 110 valence electrons. The fourth-order valence-electron chi connectivity index (χ4n) is 1.84. The topological polar surface area (TPSA) is 51.7 Å². The van der Waals surface area contributed by atoms with E-state index in [0.717, 1.165) is 17.4 Å². The Morgan fingerprint density at radius 1 is 1.50 bits per heavy atom. The molecule has 1 aliphatic heterocycles. The molecule has 1 atom stereocenters. The molecule has 0 unspecified atom stereocenters. The van der Waals surface area contributed by atoms with E-state index >= 15 is 0 Å². The molecule has 1 saturated heterocycles. The molecule has 5 nitrogen and oxygen atoms in total. The van der Waals surface area contributed by atoms with Crippen LogP contribution >= 0.6 is 15.9 Å². The third-order valence-corrected chi connectivity index (χ3v) is 3.33. The van der Waals surface area contributed by atoms with Gasteiger partial charge in [-0.25, -0.2) is 4.79 Å². The molecular weight excluding hydrogens is 324 g/mol. The van der Waals surface area contributed by atoms with E-state index in [2.05, 4.69) is 20.9 Å². The van der Waals surface area contributed by atoms with Crippen LogP contribution in [0.15, 0.2) is 22.9 Å². The quantitative estimate of drug-likeness (QED) is 0.846. The number of carbonyl (C=O) groups excluding carboxylic acids is 1. The van der Waals surface area contributed by atoms with Crippen LogP contribution in [0.25, 0.3) is 0 Å². The van der Waals surface area contributed by atoms with Gasteiger partial charge < -0.3 is 14.4 Å². The highest BCUT2D eigenvalue weighted by molar-refractivity contribution is 9.10. The Hall–Kier alpha value is -1.30. The maximum absolute atomic E-state index is 11.9. The molecule has 0 spiro atoms. The Balaban J connectivity index is 1.84. The highest BCUT2D eigenvalue weighted by atomic mass is 79.9. The van der Waals surface area contributed by atoms with Crippen LogP contribution in [0.1, 0.15) is 27.2 Å². The smallest absolute Gasteiger partial charge is 0.410 e. The van der Waals surface area contributed by atoms with Gasteiger partial charge in [0.15, 0.2) is 0 Å². The normalized spacial score (nSPS) is 18.4. The predicted molar refractivity (Wildman–Crippen MR) is 78.8 cm³/mol. The highest BCUT2D eigenvalue weighted by Crippen LogP contribution is 2.23. The average molecular weight is 343 g/mol. The van der Waals surface area contributed by atoms with Gasteiger partial charge in [-0.1, -0.05) is 0 Å². The fraction of sp³-hybridized carbons (Fsp3) is 0.571. The van der Waals surface area contributed by atoms with Gasteiger partial charge in [0.25, 0.3) is 0 Å². The summed E-state index contributed by atoms with van der Waals surface area (Å²) in [5.41, 5.74) is -0.466. The number of pyridine rings is 1. The average Bonchev–Trinajstić information content (AvgIpc) is 2.24. The number of ether oxygens (including phenoxy) is 2. The third-order valence-electron chi connectivity index (χ3n) is 2.89. The van der Waals surface area contributed by atoms with Crippen molar-refractivity contribution < 1.29 is 14.3 Å². The number of carbonyl (C=O) groups is 1. The number of halogens is 1. The zero-order chi connectivity index (χ0) is 14.8. The molecule has 1 aromatic heterocycles. The molecule has 0 radical (unpaired) electrons. The van der Waals surface area contributed by atoms with Crippen LogP contribution in [0.3, 0.4) is 0 Å². The number of hydrogen-bond acceptors (Lipinski definition) is 4. The molecule has 2 heterocycles. The predicted octanol–water partition coefficient (Wildman–Crippen LogP) is 3.23. The first-order valence-electron chi connectivity index (χ1n) is 6.58. The summed E-state index contributed by atoms with van der Waals surface area (Å²) >= 11 is 3.34. The van der Waals surface area contributed by atoms with Crippen molar-refractivity contribution in [3.05, 3.63) is 22.9 Å². The Kier molecular flexibility index (Phi) is 4.52. The summed E-state index contributed by atoms with van der Waals surface area (Å²) in [6.45, 7) is 6.77. The van der Waals surface area contributed by atoms with E-state index in [0.29, 0.717) is 12.4 Å². The highest BCUT2D eigenvalue weighted by Gasteiger charge is 2.35. The Bertz CT molecular complexity index is 488. The first-order chi connectivity index (χ1) is 9.35. The van der Waals surface area contributed by atoms with Gasteiger partial charge in [0.1, 0.15) is 18.0 Å². The zero-order valence-corrected chi connectivity index (χ0v) is 13.5. The van der Waals surface area contributed by atoms with Gasteiger partial charge in [0.2, 0.25) is 0 Å². The van der Waals surface area contributed by atoms with Crippen molar-refractivity contribution in [1.82, 2.24) is 9.88 Å². The molecule has 20 heavy (non-hydrogen) atoms. The largest absolute Gasteiger partial charge is 0.490 e. The molecular formula is C14H19BrN2O3. The van der Waals surface area contributed by atoms with Crippen LogP contribution in [0.2, 0.25) is 0 Å². The standard InChI is InChI=1S/C14H19BrN2O3/c1-14(2,3)20-13(18)17-5-4-11(17)9-19-12-6-10(15)7-16-8-12/h6-8,11H,4-5,9H2,1-3H3/t11-/m0/s1. The van der Waals surface area contributed by atoms with Crippen molar-refractivity contribution in [2.45, 2.75) is 38.8 Å². The summed E-state index contributed by atoms with van der Waals surface area (Å²) in [6, 6.07) is 1.92. The van der Waals surface area contributed by atoms with Crippen molar-refractivity contribution >= 4 is 22.0 Å². The SMILES string of the molecule is CC(C)(C)OC(=O)N1CC[C@H]1COc1cncc(Br)c1. The zero-order valence-electron chi connectivity index (χ0n) is 11.9. The number of nitrogens with zero attached hydrogens (tertiary/aromatic N) is 2. The van der Waals surface area contributed by atoms with Gasteiger partial charge in [-0.05, 0) is 49.2 Å². The second kappa shape index (κ2) is 5.99. The van der Waals surface area contributed by atoms with Gasteiger partial charge in [0, 0.05) is 17.2 Å². The molecule has 6 heteroatoms. The summed E-state index contributed by atoms with van der Waals surface area (Å²) in [5, 5.41) is 0. The van der Waals surface area contributed by atoms with Gasteiger partial charge in [0.05, 0.1) is 12.2 Å². The van der Waals surface area contributed by atoms with E-state index in [4.69, 9.17) is 9.47 Å². The molecule has 0 aliphatic carbocycles. The Morgan fingerprint density at radius 2 is 2.25 bits per heavy atom. The van der Waals surface area contributed by atoms with Crippen LogP contribution in [0, 0.1) is 0 Å². The van der Waals surface area contributed by atoms with Crippen LogP contribution < -0.4 is 4.74 Å². The minimum absolute atomic E-state index is 0.0730. The lowest BCUT2D eigenvalue weighted by Gasteiger charge is -2.40. The van der Waals surface area contributed by atoms with E-state index in [1.165, 1.54) is 0 Å². The van der Waals surface area contributed by atoms with Crippen molar-refractivity contribution in [3.63, 3.8) is 0 Å². The summed E-state index contributed by atoms with van der Waals surface area (Å²) in [4.78, 5) is 17.7. The van der Waals surface area contributed by atoms with E-state index < -0.39 is 5.60 Å². The van der Waals surface area contributed by atoms with Crippen LogP contribution in [-0.2, 0) is 4.74 Å². The van der Waals surface area contributed by atoms with Gasteiger partial charge in [-0.3, -0.25) is 4.98 Å². The molecule has 0 aromatic carbocycles. The van der Waals surface area contributed by atoms with E-state index in [9.17, 15) is 4.79 Å². The van der Waals surface area contributed by atoms with Gasteiger partial charge in [-0.15, -0.1) is 0 Å². The first kappa shape index (κ1) is 15.1. The van der Waals surface area contributed by atoms with E-state index in [1.54, 1.807) is 17.3 Å². The molecule has 0 saturated carbocycles. The minimum atomic E-state index is -0.466. The second-order valence-electron chi connectivity index (χ2n) is 5.77. The molecule has 1 aromatic rings. The fourth-order valence-corrected chi connectivity index (χ4v) is 2.18. The minimum Gasteiger partial charge on any atom is -0.490 e. The second-order valence-corrected chi connectivity index (χ2v) is 6.68. The number of amides is 1. The lowest BCUT2D eigenvalue weighted by Crippen LogP contribution is -2.55.